The van der Waals surface area contributed by atoms with Crippen LogP contribution in [0.1, 0.15) is 31.9 Å². The summed E-state index contributed by atoms with van der Waals surface area (Å²) >= 11 is 0. The number of carbonyl (C=O) groups is 4. The molecule has 0 spiro atoms. The van der Waals surface area contributed by atoms with E-state index in [9.17, 15) is 19.2 Å². The molecule has 33 heavy (non-hydrogen) atoms. The van der Waals surface area contributed by atoms with Crippen molar-refractivity contribution in [3.8, 4) is 0 Å². The van der Waals surface area contributed by atoms with E-state index < -0.39 is 41.7 Å². The Hall–Kier alpha value is -3.88. The molecule has 0 aliphatic carbocycles. The van der Waals surface area contributed by atoms with Crippen molar-refractivity contribution in [2.75, 3.05) is 4.90 Å². The molecule has 174 valence electrons. The minimum Gasteiger partial charge on any atom is -0.443 e. The van der Waals surface area contributed by atoms with Crippen molar-refractivity contribution >= 4 is 29.8 Å². The topological polar surface area (TPSA) is 128 Å². The summed E-state index contributed by atoms with van der Waals surface area (Å²) in [5, 5.41) is 2.62. The van der Waals surface area contributed by atoms with E-state index in [1.165, 1.54) is 4.90 Å². The van der Waals surface area contributed by atoms with Crippen molar-refractivity contribution in [2.45, 2.75) is 51.3 Å². The molecule has 0 saturated carbocycles. The number of anilines is 1. The number of primary amides is 1. The van der Waals surface area contributed by atoms with E-state index in [0.29, 0.717) is 5.69 Å². The standard InChI is InChI=1S/C24H27N3O6/c1-24(2,3)33-23(31)27-18-12-8-7-11-16(18)14-19(27)20(28)26-17(21(29)32-22(25)30)13-15-9-5-4-6-10-15/h4-12,17,19H,13-14H2,1-3H3,(H2,25,30)(H,26,28)/t17-,19+/m0/s1. The lowest BCUT2D eigenvalue weighted by Gasteiger charge is -2.29. The Kier molecular flexibility index (Phi) is 7.01. The molecule has 0 unspecified atom stereocenters. The van der Waals surface area contributed by atoms with Gasteiger partial charge in [0.05, 0.1) is 5.69 Å². The Morgan fingerprint density at radius 1 is 1.06 bits per heavy atom. The number of para-hydroxylation sites is 1. The maximum atomic E-state index is 13.3. The summed E-state index contributed by atoms with van der Waals surface area (Å²) in [4.78, 5) is 51.2. The molecule has 9 heteroatoms. The van der Waals surface area contributed by atoms with Gasteiger partial charge in [0.2, 0.25) is 5.91 Å². The van der Waals surface area contributed by atoms with E-state index in [1.807, 2.05) is 18.2 Å². The van der Waals surface area contributed by atoms with Gasteiger partial charge in [-0.3, -0.25) is 9.69 Å². The molecule has 9 nitrogen and oxygen atoms in total. The lowest BCUT2D eigenvalue weighted by atomic mass is 10.0. The highest BCUT2D eigenvalue weighted by molar-refractivity contribution is 6.02. The van der Waals surface area contributed by atoms with Crippen molar-refractivity contribution in [2.24, 2.45) is 5.73 Å². The van der Waals surface area contributed by atoms with Gasteiger partial charge >= 0.3 is 18.2 Å². The molecule has 0 bridgehead atoms. The van der Waals surface area contributed by atoms with Crippen LogP contribution in [0.15, 0.2) is 54.6 Å². The summed E-state index contributed by atoms with van der Waals surface area (Å²) in [6.07, 6.45) is -1.63. The molecule has 3 rings (SSSR count). The van der Waals surface area contributed by atoms with E-state index in [2.05, 4.69) is 10.1 Å². The van der Waals surface area contributed by atoms with Gasteiger partial charge in [-0.1, -0.05) is 48.5 Å². The smallest absolute Gasteiger partial charge is 0.415 e. The van der Waals surface area contributed by atoms with Crippen molar-refractivity contribution in [3.63, 3.8) is 0 Å². The summed E-state index contributed by atoms with van der Waals surface area (Å²) in [5.74, 6) is -1.57. The van der Waals surface area contributed by atoms with Gasteiger partial charge in [-0.05, 0) is 38.0 Å². The molecule has 0 radical (unpaired) electrons. The first-order valence-corrected chi connectivity index (χ1v) is 10.5. The van der Waals surface area contributed by atoms with Gasteiger partial charge in [0.15, 0.2) is 0 Å². The van der Waals surface area contributed by atoms with Gasteiger partial charge in [0, 0.05) is 12.8 Å². The van der Waals surface area contributed by atoms with Crippen LogP contribution < -0.4 is 16.0 Å². The predicted molar refractivity (Wildman–Crippen MR) is 120 cm³/mol. The number of ether oxygens (including phenoxy) is 2. The second-order valence-electron chi connectivity index (χ2n) is 8.69. The zero-order valence-electron chi connectivity index (χ0n) is 18.7. The van der Waals surface area contributed by atoms with E-state index in [0.717, 1.165) is 11.1 Å². The molecule has 0 fully saturated rings. The number of esters is 1. The summed E-state index contributed by atoms with van der Waals surface area (Å²) in [5.41, 5.74) is 6.32. The normalized spacial score (nSPS) is 15.8. The average molecular weight is 453 g/mol. The summed E-state index contributed by atoms with van der Waals surface area (Å²) < 4.78 is 10.0. The van der Waals surface area contributed by atoms with Gasteiger partial charge in [0.1, 0.15) is 17.7 Å². The fourth-order valence-corrected chi connectivity index (χ4v) is 3.61. The number of hydrogen-bond acceptors (Lipinski definition) is 6. The summed E-state index contributed by atoms with van der Waals surface area (Å²) in [6.45, 7) is 5.20. The van der Waals surface area contributed by atoms with E-state index in [4.69, 9.17) is 10.5 Å². The number of fused-ring (bicyclic) bond motifs is 1. The first-order chi connectivity index (χ1) is 15.5. The van der Waals surface area contributed by atoms with Crippen LogP contribution in [0.25, 0.3) is 0 Å². The fraction of sp³-hybridized carbons (Fsp3) is 0.333. The monoisotopic (exact) mass is 453 g/mol. The average Bonchev–Trinajstić information content (AvgIpc) is 3.12. The quantitative estimate of drug-likeness (QED) is 0.529. The zero-order chi connectivity index (χ0) is 24.2. The van der Waals surface area contributed by atoms with Crippen LogP contribution in [0, 0.1) is 0 Å². The number of amides is 3. The molecule has 2 aromatic rings. The molecular weight excluding hydrogens is 426 g/mol. The second kappa shape index (κ2) is 9.72. The number of nitrogens with two attached hydrogens (primary N) is 1. The largest absolute Gasteiger partial charge is 0.443 e. The maximum Gasteiger partial charge on any atom is 0.415 e. The van der Waals surface area contributed by atoms with Crippen LogP contribution in [-0.2, 0) is 31.9 Å². The highest BCUT2D eigenvalue weighted by Crippen LogP contribution is 2.33. The van der Waals surface area contributed by atoms with Crippen LogP contribution in [0.5, 0.6) is 0 Å². The Morgan fingerprint density at radius 2 is 1.70 bits per heavy atom. The SMILES string of the molecule is CC(C)(C)OC(=O)N1c2ccccc2C[C@@H]1C(=O)N[C@@H](Cc1ccccc1)C(=O)OC(N)=O. The number of carbonyl (C=O) groups excluding carboxylic acids is 4. The minimum absolute atomic E-state index is 0.0742. The first kappa shape index (κ1) is 23.8. The lowest BCUT2D eigenvalue weighted by Crippen LogP contribution is -2.54. The van der Waals surface area contributed by atoms with Gasteiger partial charge in [-0.25, -0.2) is 14.4 Å². The number of benzene rings is 2. The molecular formula is C24H27N3O6. The minimum atomic E-state index is -1.27. The van der Waals surface area contributed by atoms with Crippen molar-refractivity contribution < 1.29 is 28.7 Å². The number of nitrogens with one attached hydrogen (secondary N) is 1. The number of rotatable bonds is 5. The Morgan fingerprint density at radius 3 is 2.33 bits per heavy atom. The Labute approximate surface area is 191 Å². The van der Waals surface area contributed by atoms with E-state index >= 15 is 0 Å². The summed E-state index contributed by atoms with van der Waals surface area (Å²) in [7, 11) is 0. The molecule has 3 N–H and O–H groups in total. The third-order valence-corrected chi connectivity index (χ3v) is 4.95. The zero-order valence-corrected chi connectivity index (χ0v) is 18.7. The second-order valence-corrected chi connectivity index (χ2v) is 8.69. The van der Waals surface area contributed by atoms with Gasteiger partial charge in [-0.2, -0.15) is 0 Å². The van der Waals surface area contributed by atoms with E-state index in [1.54, 1.807) is 57.2 Å². The van der Waals surface area contributed by atoms with Crippen molar-refractivity contribution in [1.82, 2.24) is 5.32 Å². The van der Waals surface area contributed by atoms with Gasteiger partial charge in [0.25, 0.3) is 0 Å². The number of nitrogens with zero attached hydrogens (tertiary/aromatic N) is 1. The Bertz CT molecular complexity index is 1050. The fourth-order valence-electron chi connectivity index (χ4n) is 3.61. The van der Waals surface area contributed by atoms with Crippen molar-refractivity contribution in [1.29, 1.82) is 0 Å². The third kappa shape index (κ3) is 6.09. The number of hydrogen-bond donors (Lipinski definition) is 2. The van der Waals surface area contributed by atoms with Gasteiger partial charge < -0.3 is 20.5 Å². The van der Waals surface area contributed by atoms with Crippen LogP contribution in [0.2, 0.25) is 0 Å². The first-order valence-electron chi connectivity index (χ1n) is 10.5. The van der Waals surface area contributed by atoms with Crippen LogP contribution >= 0.6 is 0 Å². The van der Waals surface area contributed by atoms with E-state index in [-0.39, 0.29) is 12.8 Å². The van der Waals surface area contributed by atoms with Crippen LogP contribution in [0.4, 0.5) is 15.3 Å². The molecule has 1 aliphatic rings. The van der Waals surface area contributed by atoms with Crippen LogP contribution in [0.3, 0.4) is 0 Å². The highest BCUT2D eigenvalue weighted by Gasteiger charge is 2.41. The molecule has 3 amide bonds. The molecule has 1 heterocycles. The third-order valence-electron chi connectivity index (χ3n) is 4.95. The van der Waals surface area contributed by atoms with Gasteiger partial charge in [-0.15, -0.1) is 0 Å². The lowest BCUT2D eigenvalue weighted by molar-refractivity contribution is -0.142. The molecule has 2 aromatic carbocycles. The molecule has 0 aromatic heterocycles. The summed E-state index contributed by atoms with van der Waals surface area (Å²) in [6, 6.07) is 13.9. The molecule has 2 atom stereocenters. The molecule has 0 saturated heterocycles. The maximum absolute atomic E-state index is 13.3. The molecule has 1 aliphatic heterocycles. The predicted octanol–water partition coefficient (Wildman–Crippen LogP) is 2.70. The van der Waals surface area contributed by atoms with Crippen LogP contribution in [-0.4, -0.2) is 41.7 Å². The highest BCUT2D eigenvalue weighted by atomic mass is 16.6. The van der Waals surface area contributed by atoms with Crippen molar-refractivity contribution in [3.05, 3.63) is 65.7 Å². The Balaban J connectivity index is 1.85.